The van der Waals surface area contributed by atoms with E-state index < -0.39 is 0 Å². The Hall–Kier alpha value is -2.35. The van der Waals surface area contributed by atoms with E-state index in [-0.39, 0.29) is 12.1 Å². The Labute approximate surface area is 147 Å². The number of hydrogen-bond acceptors (Lipinski definition) is 4. The largest absolute Gasteiger partial charge is 0.384 e. The molecule has 1 saturated heterocycles. The number of nitrogens with one attached hydrogen (secondary N) is 1. The summed E-state index contributed by atoms with van der Waals surface area (Å²) >= 11 is 0. The number of ether oxygens (including phenoxy) is 1. The van der Waals surface area contributed by atoms with E-state index in [0.717, 1.165) is 43.9 Å². The van der Waals surface area contributed by atoms with Gasteiger partial charge in [0, 0.05) is 52.1 Å². The van der Waals surface area contributed by atoms with Crippen LogP contribution in [0.3, 0.4) is 0 Å². The average molecular weight is 346 g/mol. The first kappa shape index (κ1) is 17.5. The van der Waals surface area contributed by atoms with E-state index in [1.165, 1.54) is 0 Å². The van der Waals surface area contributed by atoms with Crippen LogP contribution >= 0.6 is 0 Å². The second-order valence-corrected chi connectivity index (χ2v) is 6.43. The molecule has 0 saturated carbocycles. The Morgan fingerprint density at radius 1 is 1.48 bits per heavy atom. The average Bonchev–Trinajstić information content (AvgIpc) is 3.29. The van der Waals surface area contributed by atoms with Gasteiger partial charge < -0.3 is 14.2 Å². The molecule has 2 amide bonds. The van der Waals surface area contributed by atoms with E-state index in [4.69, 9.17) is 4.74 Å². The van der Waals surface area contributed by atoms with Crippen LogP contribution in [-0.2, 0) is 24.8 Å². The maximum Gasteiger partial charge on any atom is 0.323 e. The molecule has 136 valence electrons. The SMILES string of the molecule is COCCc1cc(NC(=O)N2CCC[C@H]2Cn2ccnc2C)n(C)n1. The number of carbonyl (C=O) groups excluding carboxylic acids is 1. The number of imidazole rings is 1. The minimum Gasteiger partial charge on any atom is -0.384 e. The van der Waals surface area contributed by atoms with Gasteiger partial charge in [-0.05, 0) is 19.8 Å². The summed E-state index contributed by atoms with van der Waals surface area (Å²) < 4.78 is 8.88. The van der Waals surface area contributed by atoms with Crippen LogP contribution in [0.4, 0.5) is 10.6 Å². The highest BCUT2D eigenvalue weighted by Gasteiger charge is 2.29. The molecule has 0 aliphatic carbocycles. The highest BCUT2D eigenvalue weighted by atomic mass is 16.5. The molecule has 8 nitrogen and oxygen atoms in total. The van der Waals surface area contributed by atoms with Gasteiger partial charge >= 0.3 is 6.03 Å². The van der Waals surface area contributed by atoms with Crippen molar-refractivity contribution in [3.05, 3.63) is 30.0 Å². The summed E-state index contributed by atoms with van der Waals surface area (Å²) in [5, 5.41) is 7.41. The highest BCUT2D eigenvalue weighted by molar-refractivity contribution is 5.88. The fourth-order valence-electron chi connectivity index (χ4n) is 3.27. The molecule has 1 atom stereocenters. The van der Waals surface area contributed by atoms with E-state index in [9.17, 15) is 4.79 Å². The summed E-state index contributed by atoms with van der Waals surface area (Å²) in [4.78, 5) is 18.9. The summed E-state index contributed by atoms with van der Waals surface area (Å²) in [6, 6.07) is 2.03. The number of methoxy groups -OCH3 is 1. The van der Waals surface area contributed by atoms with Crippen molar-refractivity contribution in [2.24, 2.45) is 7.05 Å². The molecule has 0 aromatic carbocycles. The Balaban J connectivity index is 1.64. The lowest BCUT2D eigenvalue weighted by atomic mass is 10.2. The molecule has 25 heavy (non-hydrogen) atoms. The zero-order valence-corrected chi connectivity index (χ0v) is 15.1. The van der Waals surface area contributed by atoms with Crippen LogP contribution in [0.1, 0.15) is 24.4 Å². The Kier molecular flexibility index (Phi) is 5.37. The maximum atomic E-state index is 12.7. The summed E-state index contributed by atoms with van der Waals surface area (Å²) in [7, 11) is 3.50. The number of likely N-dealkylation sites (tertiary alicyclic amines) is 1. The molecule has 8 heteroatoms. The molecule has 3 rings (SSSR count). The normalized spacial score (nSPS) is 17.2. The third-order valence-corrected chi connectivity index (χ3v) is 4.70. The van der Waals surface area contributed by atoms with Gasteiger partial charge in [0.05, 0.1) is 18.3 Å². The second-order valence-electron chi connectivity index (χ2n) is 6.43. The molecule has 0 bridgehead atoms. The van der Waals surface area contributed by atoms with Crippen LogP contribution in [0.15, 0.2) is 18.5 Å². The zero-order chi connectivity index (χ0) is 17.8. The van der Waals surface area contributed by atoms with Crippen LogP contribution in [-0.4, -0.2) is 56.6 Å². The number of anilines is 1. The van der Waals surface area contributed by atoms with Gasteiger partial charge in [-0.1, -0.05) is 0 Å². The van der Waals surface area contributed by atoms with Gasteiger partial charge in [-0.3, -0.25) is 10.00 Å². The fraction of sp³-hybridized carbons (Fsp3) is 0.588. The van der Waals surface area contributed by atoms with Crippen molar-refractivity contribution in [1.82, 2.24) is 24.2 Å². The van der Waals surface area contributed by atoms with Crippen molar-refractivity contribution in [2.75, 3.05) is 25.6 Å². The monoisotopic (exact) mass is 346 g/mol. The van der Waals surface area contributed by atoms with E-state index in [1.54, 1.807) is 18.0 Å². The number of amides is 2. The van der Waals surface area contributed by atoms with Crippen molar-refractivity contribution < 1.29 is 9.53 Å². The third-order valence-electron chi connectivity index (χ3n) is 4.70. The molecule has 1 aliphatic rings. The number of carbonyl (C=O) groups is 1. The predicted octanol–water partition coefficient (Wildman–Crippen LogP) is 1.81. The van der Waals surface area contributed by atoms with Gasteiger partial charge in [-0.2, -0.15) is 5.10 Å². The van der Waals surface area contributed by atoms with Gasteiger partial charge in [0.25, 0.3) is 0 Å². The number of aryl methyl sites for hydroxylation is 2. The molecule has 0 unspecified atom stereocenters. The number of rotatable bonds is 6. The molecule has 0 spiro atoms. The lowest BCUT2D eigenvalue weighted by Crippen LogP contribution is -2.41. The molecule has 3 heterocycles. The van der Waals surface area contributed by atoms with Gasteiger partial charge in [0.2, 0.25) is 0 Å². The summed E-state index contributed by atoms with van der Waals surface area (Å²) in [6.45, 7) is 4.15. The molecule has 1 fully saturated rings. The minimum atomic E-state index is -0.0680. The summed E-state index contributed by atoms with van der Waals surface area (Å²) in [6.07, 6.45) is 6.52. The van der Waals surface area contributed by atoms with Crippen LogP contribution in [0, 0.1) is 6.92 Å². The minimum absolute atomic E-state index is 0.0680. The quantitative estimate of drug-likeness (QED) is 0.865. The van der Waals surface area contributed by atoms with Gasteiger partial charge in [-0.15, -0.1) is 0 Å². The third kappa shape index (κ3) is 4.01. The first-order chi connectivity index (χ1) is 12.1. The lowest BCUT2D eigenvalue weighted by Gasteiger charge is -2.25. The van der Waals surface area contributed by atoms with Crippen molar-refractivity contribution in [3.8, 4) is 0 Å². The first-order valence-electron chi connectivity index (χ1n) is 8.65. The molecular weight excluding hydrogens is 320 g/mol. The van der Waals surface area contributed by atoms with Crippen LogP contribution in [0.2, 0.25) is 0 Å². The van der Waals surface area contributed by atoms with Gasteiger partial charge in [0.15, 0.2) is 0 Å². The topological polar surface area (TPSA) is 77.2 Å². The lowest BCUT2D eigenvalue weighted by molar-refractivity contribution is 0.200. The van der Waals surface area contributed by atoms with E-state index in [0.29, 0.717) is 12.4 Å². The van der Waals surface area contributed by atoms with Gasteiger partial charge in [0.1, 0.15) is 11.6 Å². The zero-order valence-electron chi connectivity index (χ0n) is 15.1. The Morgan fingerprint density at radius 3 is 3.04 bits per heavy atom. The summed E-state index contributed by atoms with van der Waals surface area (Å²) in [5.41, 5.74) is 0.909. The van der Waals surface area contributed by atoms with Crippen molar-refractivity contribution >= 4 is 11.8 Å². The van der Waals surface area contributed by atoms with Crippen LogP contribution in [0.5, 0.6) is 0 Å². The second kappa shape index (κ2) is 7.69. The van der Waals surface area contributed by atoms with Gasteiger partial charge in [-0.25, -0.2) is 9.78 Å². The van der Waals surface area contributed by atoms with Crippen molar-refractivity contribution in [1.29, 1.82) is 0 Å². The first-order valence-corrected chi connectivity index (χ1v) is 8.65. The highest BCUT2D eigenvalue weighted by Crippen LogP contribution is 2.21. The maximum absolute atomic E-state index is 12.7. The van der Waals surface area contributed by atoms with Crippen molar-refractivity contribution in [2.45, 2.75) is 38.8 Å². The molecular formula is C17H26N6O2. The predicted molar refractivity (Wildman–Crippen MR) is 94.5 cm³/mol. The smallest absolute Gasteiger partial charge is 0.323 e. The Bertz CT molecular complexity index is 723. The number of nitrogens with zero attached hydrogens (tertiary/aromatic N) is 5. The van der Waals surface area contributed by atoms with E-state index in [1.807, 2.05) is 31.1 Å². The number of hydrogen-bond donors (Lipinski definition) is 1. The van der Waals surface area contributed by atoms with Crippen molar-refractivity contribution in [3.63, 3.8) is 0 Å². The molecule has 1 aliphatic heterocycles. The van der Waals surface area contributed by atoms with E-state index in [2.05, 4.69) is 20.0 Å². The molecule has 0 radical (unpaired) electrons. The van der Waals surface area contributed by atoms with E-state index >= 15 is 0 Å². The fourth-order valence-corrected chi connectivity index (χ4v) is 3.27. The van der Waals surface area contributed by atoms with Crippen LogP contribution in [0.25, 0.3) is 0 Å². The number of urea groups is 1. The van der Waals surface area contributed by atoms with Crippen LogP contribution < -0.4 is 5.32 Å². The number of aromatic nitrogens is 4. The molecule has 2 aromatic rings. The Morgan fingerprint density at radius 2 is 2.32 bits per heavy atom. The standard InChI is InChI=1S/C17H26N6O2/c1-13-18-7-9-22(13)12-15-5-4-8-23(15)17(24)19-16-11-14(6-10-25-3)20-21(16)2/h7,9,11,15H,4-6,8,10,12H2,1-3H3,(H,19,24)/t15-/m0/s1. The molecule has 2 aromatic heterocycles. The summed E-state index contributed by atoms with van der Waals surface area (Å²) in [5.74, 6) is 1.68. The molecule has 1 N–H and O–H groups in total.